The summed E-state index contributed by atoms with van der Waals surface area (Å²) >= 11 is 0. The third kappa shape index (κ3) is 3.94. The van der Waals surface area contributed by atoms with Gasteiger partial charge in [0.1, 0.15) is 5.82 Å². The molecule has 2 aromatic rings. The van der Waals surface area contributed by atoms with Crippen LogP contribution in [-0.4, -0.2) is 24.2 Å². The Bertz CT molecular complexity index is 676. The molecule has 0 spiro atoms. The Morgan fingerprint density at radius 2 is 1.62 bits per heavy atom. The van der Waals surface area contributed by atoms with E-state index in [2.05, 4.69) is 17.0 Å². The first-order valence-electron chi connectivity index (χ1n) is 8.45. The normalized spacial score (nSPS) is 16.0. The number of nitrogens with zero attached hydrogens (tertiary/aromatic N) is 1. The van der Waals surface area contributed by atoms with Crippen molar-refractivity contribution in [2.45, 2.75) is 31.6 Å². The minimum atomic E-state index is -0.887. The molecular formula is C20H22FNO2. The molecule has 1 aliphatic rings. The highest BCUT2D eigenvalue weighted by molar-refractivity contribution is 5.76. The van der Waals surface area contributed by atoms with E-state index in [1.807, 2.05) is 12.1 Å². The molecule has 1 aliphatic heterocycles. The highest BCUT2D eigenvalue weighted by atomic mass is 19.1. The summed E-state index contributed by atoms with van der Waals surface area (Å²) in [5, 5.41) is 9.51. The van der Waals surface area contributed by atoms with Crippen LogP contribution in [0.3, 0.4) is 0 Å². The van der Waals surface area contributed by atoms with Gasteiger partial charge in [0, 0.05) is 18.8 Å². The number of carboxylic acids is 1. The summed E-state index contributed by atoms with van der Waals surface area (Å²) in [4.78, 5) is 14.0. The summed E-state index contributed by atoms with van der Waals surface area (Å²) in [7, 11) is 0. The minimum absolute atomic E-state index is 0.353. The van der Waals surface area contributed by atoms with E-state index >= 15 is 0 Å². The first kappa shape index (κ1) is 16.5. The van der Waals surface area contributed by atoms with E-state index in [0.29, 0.717) is 12.0 Å². The average molecular weight is 327 g/mol. The molecule has 24 heavy (non-hydrogen) atoms. The molecule has 3 nitrogen and oxygen atoms in total. The molecule has 2 aromatic carbocycles. The lowest BCUT2D eigenvalue weighted by molar-refractivity contribution is -0.138. The molecule has 0 radical (unpaired) electrons. The second kappa shape index (κ2) is 7.47. The molecule has 1 fully saturated rings. The van der Waals surface area contributed by atoms with Gasteiger partial charge >= 0.3 is 5.97 Å². The van der Waals surface area contributed by atoms with Crippen molar-refractivity contribution in [3.8, 4) is 0 Å². The fraction of sp³-hybridized carbons (Fsp3) is 0.350. The van der Waals surface area contributed by atoms with Gasteiger partial charge in [-0.1, -0.05) is 24.3 Å². The average Bonchev–Trinajstić information content (AvgIpc) is 2.62. The summed E-state index contributed by atoms with van der Waals surface area (Å²) in [5.74, 6) is -1.90. The summed E-state index contributed by atoms with van der Waals surface area (Å²) < 4.78 is 13.0. The second-order valence-corrected chi connectivity index (χ2v) is 6.36. The molecule has 3 rings (SSSR count). The quantitative estimate of drug-likeness (QED) is 0.893. The van der Waals surface area contributed by atoms with E-state index in [9.17, 15) is 14.3 Å². The number of hydrogen-bond donors (Lipinski definition) is 1. The van der Waals surface area contributed by atoms with E-state index in [4.69, 9.17) is 0 Å². The fourth-order valence-corrected chi connectivity index (χ4v) is 3.27. The van der Waals surface area contributed by atoms with Crippen molar-refractivity contribution in [1.29, 1.82) is 0 Å². The van der Waals surface area contributed by atoms with E-state index in [-0.39, 0.29) is 5.82 Å². The molecule has 4 heteroatoms. The molecule has 0 amide bonds. The number of benzene rings is 2. The van der Waals surface area contributed by atoms with Crippen molar-refractivity contribution in [1.82, 2.24) is 0 Å². The zero-order valence-corrected chi connectivity index (χ0v) is 13.6. The number of hydrogen-bond acceptors (Lipinski definition) is 2. The monoisotopic (exact) mass is 327 g/mol. The maximum atomic E-state index is 13.0. The summed E-state index contributed by atoms with van der Waals surface area (Å²) in [6.45, 7) is 2.18. The Labute approximate surface area is 141 Å². The van der Waals surface area contributed by atoms with Gasteiger partial charge in [0.15, 0.2) is 0 Å². The van der Waals surface area contributed by atoms with Crippen LogP contribution in [-0.2, 0) is 11.2 Å². The molecule has 1 atom stereocenters. The fourth-order valence-electron chi connectivity index (χ4n) is 3.27. The van der Waals surface area contributed by atoms with Gasteiger partial charge in [0.05, 0.1) is 5.92 Å². The zero-order valence-electron chi connectivity index (χ0n) is 13.6. The van der Waals surface area contributed by atoms with Crippen molar-refractivity contribution in [2.75, 3.05) is 18.0 Å². The molecule has 1 saturated heterocycles. The molecular weight excluding hydrogens is 305 g/mol. The van der Waals surface area contributed by atoms with Crippen LogP contribution >= 0.6 is 0 Å². The van der Waals surface area contributed by atoms with Crippen LogP contribution < -0.4 is 4.90 Å². The lowest BCUT2D eigenvalue weighted by Gasteiger charge is -2.29. The first-order valence-corrected chi connectivity index (χ1v) is 8.45. The van der Waals surface area contributed by atoms with Gasteiger partial charge in [-0.25, -0.2) is 4.39 Å². The number of aliphatic carboxylic acids is 1. The van der Waals surface area contributed by atoms with E-state index in [1.165, 1.54) is 37.1 Å². The van der Waals surface area contributed by atoms with Crippen LogP contribution in [0.4, 0.5) is 10.1 Å². The van der Waals surface area contributed by atoms with Gasteiger partial charge < -0.3 is 10.0 Å². The molecule has 1 heterocycles. The standard InChI is InChI=1S/C20H22FNO2/c21-17-8-6-16(7-9-17)19(20(23)24)14-15-4-10-18(11-5-15)22-12-2-1-3-13-22/h4-11,19H,1-3,12-14H2,(H,23,24). The van der Waals surface area contributed by atoms with Crippen LogP contribution in [0.15, 0.2) is 48.5 Å². The lowest BCUT2D eigenvalue weighted by Crippen LogP contribution is -2.29. The van der Waals surface area contributed by atoms with Crippen LogP contribution in [0.1, 0.15) is 36.3 Å². The Balaban J connectivity index is 1.73. The smallest absolute Gasteiger partial charge is 0.311 e. The number of carboxylic acid groups (broad SMARTS) is 1. The molecule has 0 aromatic heterocycles. The van der Waals surface area contributed by atoms with Gasteiger partial charge in [-0.2, -0.15) is 0 Å². The van der Waals surface area contributed by atoms with E-state index in [1.54, 1.807) is 12.1 Å². The number of halogens is 1. The van der Waals surface area contributed by atoms with Gasteiger partial charge in [0.2, 0.25) is 0 Å². The van der Waals surface area contributed by atoms with Crippen molar-refractivity contribution < 1.29 is 14.3 Å². The van der Waals surface area contributed by atoms with Crippen molar-refractivity contribution in [3.63, 3.8) is 0 Å². The minimum Gasteiger partial charge on any atom is -0.481 e. The van der Waals surface area contributed by atoms with Gasteiger partial charge in [-0.15, -0.1) is 0 Å². The van der Waals surface area contributed by atoms with Crippen molar-refractivity contribution in [2.24, 2.45) is 0 Å². The number of rotatable bonds is 5. The van der Waals surface area contributed by atoms with Gasteiger partial charge in [-0.3, -0.25) is 4.79 Å². The predicted molar refractivity (Wildman–Crippen MR) is 93.0 cm³/mol. The predicted octanol–water partition coefficient (Wildman–Crippen LogP) is 4.23. The Morgan fingerprint density at radius 1 is 1.00 bits per heavy atom. The molecule has 0 saturated carbocycles. The van der Waals surface area contributed by atoms with Gasteiger partial charge in [-0.05, 0) is 61.1 Å². The number of carbonyl (C=O) groups is 1. The molecule has 1 unspecified atom stereocenters. The summed E-state index contributed by atoms with van der Waals surface area (Å²) in [5.41, 5.74) is 2.81. The molecule has 0 aliphatic carbocycles. The highest BCUT2D eigenvalue weighted by Crippen LogP contribution is 2.25. The Morgan fingerprint density at radius 3 is 2.21 bits per heavy atom. The molecule has 0 bridgehead atoms. The summed E-state index contributed by atoms with van der Waals surface area (Å²) in [6.07, 6.45) is 4.16. The third-order valence-corrected chi connectivity index (χ3v) is 4.67. The first-order chi connectivity index (χ1) is 11.6. The van der Waals surface area contributed by atoms with Crippen LogP contribution in [0.5, 0.6) is 0 Å². The topological polar surface area (TPSA) is 40.5 Å². The zero-order chi connectivity index (χ0) is 16.9. The number of piperidine rings is 1. The third-order valence-electron chi connectivity index (χ3n) is 4.67. The SMILES string of the molecule is O=C(O)C(Cc1ccc(N2CCCCC2)cc1)c1ccc(F)cc1. The second-order valence-electron chi connectivity index (χ2n) is 6.36. The lowest BCUT2D eigenvalue weighted by atomic mass is 9.92. The molecule has 1 N–H and O–H groups in total. The van der Waals surface area contributed by atoms with Crippen molar-refractivity contribution in [3.05, 3.63) is 65.5 Å². The Kier molecular flexibility index (Phi) is 5.14. The highest BCUT2D eigenvalue weighted by Gasteiger charge is 2.20. The van der Waals surface area contributed by atoms with E-state index < -0.39 is 11.9 Å². The van der Waals surface area contributed by atoms with Crippen LogP contribution in [0, 0.1) is 5.82 Å². The van der Waals surface area contributed by atoms with Crippen LogP contribution in [0.2, 0.25) is 0 Å². The van der Waals surface area contributed by atoms with Gasteiger partial charge in [0.25, 0.3) is 0 Å². The molecule has 126 valence electrons. The Hall–Kier alpha value is -2.36. The summed E-state index contributed by atoms with van der Waals surface area (Å²) in [6, 6.07) is 13.9. The number of anilines is 1. The largest absolute Gasteiger partial charge is 0.481 e. The maximum absolute atomic E-state index is 13.0. The van der Waals surface area contributed by atoms with E-state index in [0.717, 1.165) is 18.7 Å². The van der Waals surface area contributed by atoms with Crippen LogP contribution in [0.25, 0.3) is 0 Å². The maximum Gasteiger partial charge on any atom is 0.311 e. The van der Waals surface area contributed by atoms with Crippen molar-refractivity contribution >= 4 is 11.7 Å².